The topological polar surface area (TPSA) is 82.9 Å². The summed E-state index contributed by atoms with van der Waals surface area (Å²) in [6.07, 6.45) is 6.70. The number of sulfonamides is 1. The third-order valence-electron chi connectivity index (χ3n) is 5.21. The van der Waals surface area contributed by atoms with Crippen LogP contribution in [0.4, 0.5) is 0 Å². The monoisotopic (exact) mass is 417 g/mol. The summed E-state index contributed by atoms with van der Waals surface area (Å²) < 4.78 is 32.3. The zero-order valence-corrected chi connectivity index (χ0v) is 17.6. The van der Waals surface area contributed by atoms with Gasteiger partial charge in [-0.3, -0.25) is 4.79 Å². The lowest BCUT2D eigenvalue weighted by Crippen LogP contribution is -2.43. The molecule has 8 heteroatoms. The van der Waals surface area contributed by atoms with Crippen LogP contribution in [0.5, 0.6) is 0 Å². The van der Waals surface area contributed by atoms with E-state index in [1.54, 1.807) is 35.2 Å². The van der Waals surface area contributed by atoms with Crippen molar-refractivity contribution >= 4 is 22.0 Å². The highest BCUT2D eigenvalue weighted by Crippen LogP contribution is 2.16. The van der Waals surface area contributed by atoms with Gasteiger partial charge in [-0.15, -0.1) is 0 Å². The standard InChI is InChI=1S/C21H27N3O4S/c1-23-13-11-18(12-14-23)24(2)21(25)10-7-17-5-8-20(9-6-17)29(26,27)22-16-19-4-3-15-28-19/h3-10,15,18,22H,11-14,16H2,1-2H3. The molecular formula is C21H27N3O4S. The summed E-state index contributed by atoms with van der Waals surface area (Å²) in [6.45, 7) is 2.08. The summed E-state index contributed by atoms with van der Waals surface area (Å²) in [5, 5.41) is 0. The normalized spacial score (nSPS) is 16.3. The molecule has 1 aromatic heterocycles. The number of amides is 1. The quantitative estimate of drug-likeness (QED) is 0.699. The van der Waals surface area contributed by atoms with E-state index in [-0.39, 0.29) is 23.4 Å². The summed E-state index contributed by atoms with van der Waals surface area (Å²) in [5.41, 5.74) is 0.764. The lowest BCUT2D eigenvalue weighted by molar-refractivity contribution is -0.127. The number of likely N-dealkylation sites (tertiary alicyclic amines) is 1. The number of nitrogens with one attached hydrogen (secondary N) is 1. The number of hydrogen-bond acceptors (Lipinski definition) is 5. The first kappa shape index (κ1) is 21.3. The number of piperidine rings is 1. The molecule has 1 N–H and O–H groups in total. The van der Waals surface area contributed by atoms with Crippen molar-refractivity contribution < 1.29 is 17.6 Å². The molecule has 0 unspecified atom stereocenters. The zero-order valence-electron chi connectivity index (χ0n) is 16.7. The van der Waals surface area contributed by atoms with E-state index in [4.69, 9.17) is 4.42 Å². The van der Waals surface area contributed by atoms with Gasteiger partial charge >= 0.3 is 0 Å². The Morgan fingerprint density at radius 1 is 1.24 bits per heavy atom. The van der Waals surface area contributed by atoms with Crippen molar-refractivity contribution in [2.75, 3.05) is 27.2 Å². The summed E-state index contributed by atoms with van der Waals surface area (Å²) in [4.78, 5) is 16.7. The van der Waals surface area contributed by atoms with Gasteiger partial charge in [-0.05, 0) is 68.9 Å². The molecule has 0 aliphatic carbocycles. The molecule has 0 radical (unpaired) electrons. The Bertz CT molecular complexity index is 929. The smallest absolute Gasteiger partial charge is 0.246 e. The number of nitrogens with zero attached hydrogens (tertiary/aromatic N) is 2. The summed E-state index contributed by atoms with van der Waals surface area (Å²) in [5.74, 6) is 0.497. The molecule has 1 aliphatic heterocycles. The predicted molar refractivity (Wildman–Crippen MR) is 111 cm³/mol. The van der Waals surface area contributed by atoms with Crippen molar-refractivity contribution in [1.82, 2.24) is 14.5 Å². The molecule has 0 atom stereocenters. The Hall–Kier alpha value is -2.42. The van der Waals surface area contributed by atoms with E-state index >= 15 is 0 Å². The van der Waals surface area contributed by atoms with Gasteiger partial charge in [0.15, 0.2) is 0 Å². The van der Waals surface area contributed by atoms with Crippen LogP contribution in [0.2, 0.25) is 0 Å². The lowest BCUT2D eigenvalue weighted by atomic mass is 10.0. The Morgan fingerprint density at radius 2 is 1.93 bits per heavy atom. The zero-order chi connectivity index (χ0) is 20.9. The Morgan fingerprint density at radius 3 is 2.55 bits per heavy atom. The molecule has 0 spiro atoms. The van der Waals surface area contributed by atoms with Gasteiger partial charge < -0.3 is 14.2 Å². The van der Waals surface area contributed by atoms with E-state index < -0.39 is 10.0 Å². The molecule has 1 saturated heterocycles. The van der Waals surface area contributed by atoms with E-state index in [9.17, 15) is 13.2 Å². The van der Waals surface area contributed by atoms with E-state index in [0.717, 1.165) is 31.5 Å². The van der Waals surface area contributed by atoms with Crippen LogP contribution in [0.25, 0.3) is 6.08 Å². The first-order valence-corrected chi connectivity index (χ1v) is 11.1. The van der Waals surface area contributed by atoms with Crippen LogP contribution in [0.3, 0.4) is 0 Å². The molecule has 156 valence electrons. The van der Waals surface area contributed by atoms with Gasteiger partial charge in [0.25, 0.3) is 0 Å². The van der Waals surface area contributed by atoms with E-state index in [2.05, 4.69) is 16.7 Å². The molecule has 0 saturated carbocycles. The molecule has 7 nitrogen and oxygen atoms in total. The van der Waals surface area contributed by atoms with Crippen LogP contribution in [0.1, 0.15) is 24.2 Å². The van der Waals surface area contributed by atoms with Gasteiger partial charge in [0.2, 0.25) is 15.9 Å². The average molecular weight is 418 g/mol. The third kappa shape index (κ3) is 5.79. The Kier molecular flexibility index (Phi) is 6.89. The second-order valence-corrected chi connectivity index (χ2v) is 9.06. The second-order valence-electron chi connectivity index (χ2n) is 7.29. The fourth-order valence-corrected chi connectivity index (χ4v) is 4.26. The number of furan rings is 1. The SMILES string of the molecule is CN1CCC(N(C)C(=O)C=Cc2ccc(S(=O)(=O)NCc3ccco3)cc2)CC1. The Labute approximate surface area is 172 Å². The molecule has 1 amide bonds. The lowest BCUT2D eigenvalue weighted by Gasteiger charge is -2.34. The first-order valence-electron chi connectivity index (χ1n) is 9.61. The van der Waals surface area contributed by atoms with Crippen molar-refractivity contribution in [3.63, 3.8) is 0 Å². The van der Waals surface area contributed by atoms with Gasteiger partial charge in [0.1, 0.15) is 5.76 Å². The van der Waals surface area contributed by atoms with Crippen LogP contribution in [0, 0.1) is 0 Å². The minimum atomic E-state index is -3.63. The molecule has 1 fully saturated rings. The highest BCUT2D eigenvalue weighted by Gasteiger charge is 2.22. The molecule has 2 aromatic rings. The number of carbonyl (C=O) groups is 1. The molecule has 3 rings (SSSR count). The van der Waals surface area contributed by atoms with Gasteiger partial charge in [-0.2, -0.15) is 0 Å². The molecule has 2 heterocycles. The van der Waals surface area contributed by atoms with Crippen LogP contribution in [-0.2, 0) is 21.4 Å². The highest BCUT2D eigenvalue weighted by atomic mass is 32.2. The highest BCUT2D eigenvalue weighted by molar-refractivity contribution is 7.89. The fraction of sp³-hybridized carbons (Fsp3) is 0.381. The van der Waals surface area contributed by atoms with E-state index in [1.807, 2.05) is 7.05 Å². The summed E-state index contributed by atoms with van der Waals surface area (Å²) in [6, 6.07) is 10.1. The number of rotatable bonds is 7. The van der Waals surface area contributed by atoms with Gasteiger partial charge in [-0.1, -0.05) is 12.1 Å². The van der Waals surface area contributed by atoms with E-state index in [1.165, 1.54) is 24.5 Å². The first-order chi connectivity index (χ1) is 13.8. The van der Waals surface area contributed by atoms with Crippen molar-refractivity contribution in [3.05, 3.63) is 60.1 Å². The third-order valence-corrected chi connectivity index (χ3v) is 6.63. The number of hydrogen-bond donors (Lipinski definition) is 1. The van der Waals surface area contributed by atoms with Crippen LogP contribution in [-0.4, -0.2) is 57.4 Å². The van der Waals surface area contributed by atoms with Gasteiger partial charge in [0, 0.05) is 19.2 Å². The maximum Gasteiger partial charge on any atom is 0.246 e. The average Bonchev–Trinajstić information content (AvgIpc) is 3.25. The van der Waals surface area contributed by atoms with Gasteiger partial charge in [0.05, 0.1) is 17.7 Å². The van der Waals surface area contributed by atoms with Crippen molar-refractivity contribution in [1.29, 1.82) is 0 Å². The number of carbonyl (C=O) groups excluding carboxylic acids is 1. The molecule has 29 heavy (non-hydrogen) atoms. The largest absolute Gasteiger partial charge is 0.468 e. The molecule has 1 aliphatic rings. The minimum Gasteiger partial charge on any atom is -0.468 e. The number of benzene rings is 1. The predicted octanol–water partition coefficient (Wildman–Crippen LogP) is 2.32. The van der Waals surface area contributed by atoms with Crippen LogP contribution < -0.4 is 4.72 Å². The maximum absolute atomic E-state index is 12.4. The van der Waals surface area contributed by atoms with E-state index in [0.29, 0.717) is 5.76 Å². The maximum atomic E-state index is 12.4. The van der Waals surface area contributed by atoms with Crippen LogP contribution >= 0.6 is 0 Å². The summed E-state index contributed by atoms with van der Waals surface area (Å²) in [7, 11) is 0.298. The molecular weight excluding hydrogens is 390 g/mol. The van der Waals surface area contributed by atoms with Crippen molar-refractivity contribution in [3.8, 4) is 0 Å². The molecule has 1 aromatic carbocycles. The molecule has 0 bridgehead atoms. The van der Waals surface area contributed by atoms with Crippen molar-refractivity contribution in [2.45, 2.75) is 30.3 Å². The van der Waals surface area contributed by atoms with Crippen molar-refractivity contribution in [2.24, 2.45) is 0 Å². The Balaban J connectivity index is 1.57. The number of likely N-dealkylation sites (N-methyl/N-ethyl adjacent to an activating group) is 1. The second kappa shape index (κ2) is 9.39. The minimum absolute atomic E-state index is 0.0450. The van der Waals surface area contributed by atoms with Gasteiger partial charge in [-0.25, -0.2) is 13.1 Å². The summed E-state index contributed by atoms with van der Waals surface area (Å²) >= 11 is 0. The fourth-order valence-electron chi connectivity index (χ4n) is 3.27. The van der Waals surface area contributed by atoms with Crippen LogP contribution in [0.15, 0.2) is 58.1 Å².